The lowest BCUT2D eigenvalue weighted by atomic mass is 10.2. The van der Waals surface area contributed by atoms with Crippen molar-refractivity contribution in [3.63, 3.8) is 0 Å². The van der Waals surface area contributed by atoms with Crippen molar-refractivity contribution in [3.8, 4) is 0 Å². The van der Waals surface area contributed by atoms with Gasteiger partial charge in [-0.25, -0.2) is 13.1 Å². The fraction of sp³-hybridized carbons (Fsp3) is 0.533. The Hall–Kier alpha value is -1.60. The molecular formula is C15H21N3O3S. The number of hydrogen-bond acceptors (Lipinski definition) is 4. The molecular weight excluding hydrogens is 302 g/mol. The summed E-state index contributed by atoms with van der Waals surface area (Å²) < 4.78 is 34.8. The molecule has 1 aliphatic rings. The zero-order valence-corrected chi connectivity index (χ0v) is 14.1. The number of nitrogens with zero attached hydrogens (tertiary/aromatic N) is 2. The van der Waals surface area contributed by atoms with E-state index in [9.17, 15) is 8.42 Å². The van der Waals surface area contributed by atoms with Gasteiger partial charge in [0.1, 0.15) is 10.6 Å². The molecule has 0 bridgehead atoms. The van der Waals surface area contributed by atoms with Crippen LogP contribution in [-0.4, -0.2) is 18.1 Å². The van der Waals surface area contributed by atoms with Crippen LogP contribution in [-0.2, 0) is 16.6 Å². The first-order valence-electron chi connectivity index (χ1n) is 7.41. The summed E-state index contributed by atoms with van der Waals surface area (Å²) in [5, 5.41) is 3.71. The van der Waals surface area contributed by atoms with Gasteiger partial charge >= 0.3 is 0 Å². The van der Waals surface area contributed by atoms with Gasteiger partial charge in [-0.05, 0) is 52.2 Å². The molecule has 0 aromatic carbocycles. The summed E-state index contributed by atoms with van der Waals surface area (Å²) >= 11 is 0. The van der Waals surface area contributed by atoms with Gasteiger partial charge < -0.3 is 9.09 Å². The molecule has 1 aliphatic carbocycles. The van der Waals surface area contributed by atoms with Crippen LogP contribution in [0.2, 0.25) is 0 Å². The van der Waals surface area contributed by atoms with E-state index in [1.54, 1.807) is 13.8 Å². The first kappa shape index (κ1) is 15.3. The van der Waals surface area contributed by atoms with Crippen molar-refractivity contribution in [2.24, 2.45) is 0 Å². The van der Waals surface area contributed by atoms with Crippen molar-refractivity contribution in [1.82, 2.24) is 14.4 Å². The minimum absolute atomic E-state index is 0.142. The van der Waals surface area contributed by atoms with Crippen LogP contribution in [0, 0.1) is 27.7 Å². The van der Waals surface area contributed by atoms with Crippen LogP contribution in [0.5, 0.6) is 0 Å². The molecule has 0 atom stereocenters. The molecule has 0 spiro atoms. The molecule has 0 saturated heterocycles. The predicted molar refractivity (Wildman–Crippen MR) is 82.2 cm³/mol. The summed E-state index contributed by atoms with van der Waals surface area (Å²) in [6.45, 7) is 7.62. The molecule has 7 heteroatoms. The molecule has 22 heavy (non-hydrogen) atoms. The van der Waals surface area contributed by atoms with E-state index >= 15 is 0 Å². The number of rotatable bonds is 5. The molecule has 0 aliphatic heterocycles. The third-order valence-corrected chi connectivity index (χ3v) is 5.84. The summed E-state index contributed by atoms with van der Waals surface area (Å²) in [5.41, 5.74) is 3.72. The van der Waals surface area contributed by atoms with Gasteiger partial charge in [0.25, 0.3) is 0 Å². The van der Waals surface area contributed by atoms with Crippen LogP contribution in [0.3, 0.4) is 0 Å². The van der Waals surface area contributed by atoms with Crippen LogP contribution < -0.4 is 4.72 Å². The maximum absolute atomic E-state index is 12.4. The molecule has 0 unspecified atom stereocenters. The third kappa shape index (κ3) is 2.59. The molecule has 0 amide bonds. The van der Waals surface area contributed by atoms with Crippen LogP contribution in [0.25, 0.3) is 0 Å². The fourth-order valence-electron chi connectivity index (χ4n) is 3.02. The zero-order chi connectivity index (χ0) is 16.1. The summed E-state index contributed by atoms with van der Waals surface area (Å²) in [5.74, 6) is 0.313. The average Bonchev–Trinajstić information content (AvgIpc) is 3.13. The molecule has 3 rings (SSSR count). The fourth-order valence-corrected chi connectivity index (χ4v) is 4.35. The maximum Gasteiger partial charge on any atom is 0.246 e. The Labute approximate surface area is 130 Å². The lowest BCUT2D eigenvalue weighted by molar-refractivity contribution is 0.390. The summed E-state index contributed by atoms with van der Waals surface area (Å²) in [4.78, 5) is 0.142. The molecule has 2 aromatic rings. The Kier molecular flexibility index (Phi) is 3.65. The van der Waals surface area contributed by atoms with E-state index in [4.69, 9.17) is 4.52 Å². The molecule has 1 fully saturated rings. The molecule has 1 N–H and O–H groups in total. The first-order chi connectivity index (χ1) is 10.3. The maximum atomic E-state index is 12.4. The number of aromatic nitrogens is 2. The molecule has 2 heterocycles. The van der Waals surface area contributed by atoms with Crippen molar-refractivity contribution >= 4 is 10.0 Å². The van der Waals surface area contributed by atoms with Gasteiger partial charge in [-0.3, -0.25) is 0 Å². The Morgan fingerprint density at radius 1 is 1.32 bits per heavy atom. The minimum atomic E-state index is -3.62. The van der Waals surface area contributed by atoms with Gasteiger partial charge in [0.15, 0.2) is 5.76 Å². The van der Waals surface area contributed by atoms with E-state index in [2.05, 4.69) is 27.4 Å². The predicted octanol–water partition coefficient (Wildman–Crippen LogP) is 2.52. The normalized spacial score (nSPS) is 15.5. The largest absolute Gasteiger partial charge is 0.360 e. The van der Waals surface area contributed by atoms with E-state index in [0.29, 0.717) is 17.5 Å². The van der Waals surface area contributed by atoms with Crippen molar-refractivity contribution in [3.05, 3.63) is 34.5 Å². The standard InChI is InChI=1S/C15H21N3O3S/c1-9-7-13(11(3)18(9)14-5-6-14)8-16-22(19,20)15-10(2)17-21-12(15)4/h7,14,16H,5-6,8H2,1-4H3. The van der Waals surface area contributed by atoms with Crippen LogP contribution in [0.4, 0.5) is 0 Å². The highest BCUT2D eigenvalue weighted by Gasteiger charge is 2.28. The Balaban J connectivity index is 1.82. The Morgan fingerprint density at radius 3 is 2.55 bits per heavy atom. The number of hydrogen-bond donors (Lipinski definition) is 1. The number of aryl methyl sites for hydroxylation is 3. The summed E-state index contributed by atoms with van der Waals surface area (Å²) in [7, 11) is -3.62. The van der Waals surface area contributed by atoms with E-state index in [1.165, 1.54) is 18.5 Å². The van der Waals surface area contributed by atoms with Crippen molar-refractivity contribution in [1.29, 1.82) is 0 Å². The van der Waals surface area contributed by atoms with E-state index in [-0.39, 0.29) is 11.4 Å². The van der Waals surface area contributed by atoms with Gasteiger partial charge in [-0.1, -0.05) is 5.16 Å². The highest BCUT2D eigenvalue weighted by Crippen LogP contribution is 2.38. The molecule has 6 nitrogen and oxygen atoms in total. The van der Waals surface area contributed by atoms with Gasteiger partial charge in [0.2, 0.25) is 10.0 Å². The molecule has 2 aromatic heterocycles. The van der Waals surface area contributed by atoms with E-state index in [1.807, 2.05) is 6.92 Å². The van der Waals surface area contributed by atoms with Gasteiger partial charge in [0.05, 0.1) is 0 Å². The van der Waals surface area contributed by atoms with Crippen molar-refractivity contribution in [2.45, 2.75) is 58.0 Å². The second kappa shape index (κ2) is 5.24. The summed E-state index contributed by atoms with van der Waals surface area (Å²) in [6.07, 6.45) is 2.42. The summed E-state index contributed by atoms with van der Waals surface area (Å²) in [6, 6.07) is 2.65. The quantitative estimate of drug-likeness (QED) is 0.917. The SMILES string of the molecule is Cc1noc(C)c1S(=O)(=O)NCc1cc(C)n(C2CC2)c1C. The van der Waals surface area contributed by atoms with Crippen molar-refractivity contribution < 1.29 is 12.9 Å². The second-order valence-electron chi connectivity index (χ2n) is 5.98. The van der Waals surface area contributed by atoms with Crippen LogP contribution in [0.1, 0.15) is 47.3 Å². The molecule has 0 radical (unpaired) electrons. The number of sulfonamides is 1. The topological polar surface area (TPSA) is 77.1 Å². The first-order valence-corrected chi connectivity index (χ1v) is 8.89. The average molecular weight is 323 g/mol. The zero-order valence-electron chi connectivity index (χ0n) is 13.3. The van der Waals surface area contributed by atoms with E-state index < -0.39 is 10.0 Å². The highest BCUT2D eigenvalue weighted by atomic mass is 32.2. The Morgan fingerprint density at radius 2 is 2.00 bits per heavy atom. The van der Waals surface area contributed by atoms with Gasteiger partial charge in [-0.15, -0.1) is 0 Å². The van der Waals surface area contributed by atoms with E-state index in [0.717, 1.165) is 11.3 Å². The lowest BCUT2D eigenvalue weighted by Crippen LogP contribution is -2.24. The van der Waals surface area contributed by atoms with Crippen molar-refractivity contribution in [2.75, 3.05) is 0 Å². The smallest absolute Gasteiger partial charge is 0.246 e. The highest BCUT2D eigenvalue weighted by molar-refractivity contribution is 7.89. The number of nitrogens with one attached hydrogen (secondary N) is 1. The monoisotopic (exact) mass is 323 g/mol. The molecule has 120 valence electrons. The minimum Gasteiger partial charge on any atom is -0.360 e. The lowest BCUT2D eigenvalue weighted by Gasteiger charge is -2.09. The Bertz CT molecular complexity index is 794. The van der Waals surface area contributed by atoms with Gasteiger partial charge in [-0.2, -0.15) is 0 Å². The third-order valence-electron chi connectivity index (χ3n) is 4.19. The molecule has 1 saturated carbocycles. The second-order valence-corrected chi connectivity index (χ2v) is 7.68. The van der Waals surface area contributed by atoms with Crippen LogP contribution >= 0.6 is 0 Å². The van der Waals surface area contributed by atoms with Gasteiger partial charge in [0, 0.05) is 24.0 Å². The van der Waals surface area contributed by atoms with Crippen LogP contribution in [0.15, 0.2) is 15.5 Å².